The van der Waals surface area contributed by atoms with Crippen molar-refractivity contribution in [2.45, 2.75) is 0 Å². The monoisotopic (exact) mass is 381 g/mol. The molecule has 144 valence electrons. The van der Waals surface area contributed by atoms with Crippen LogP contribution in [0.25, 0.3) is 22.8 Å². The second kappa shape index (κ2) is 7.45. The second-order valence-corrected chi connectivity index (χ2v) is 5.87. The number of methoxy groups -OCH3 is 3. The third kappa shape index (κ3) is 3.05. The summed E-state index contributed by atoms with van der Waals surface area (Å²) in [6.07, 6.45) is 0. The maximum Gasteiger partial charge on any atom is 0.203 e. The molecule has 10 nitrogen and oxygen atoms in total. The Morgan fingerprint density at radius 1 is 0.750 bits per heavy atom. The van der Waals surface area contributed by atoms with Crippen molar-refractivity contribution in [2.24, 2.45) is 0 Å². The molecular formula is C18H19N7O3. The maximum absolute atomic E-state index is 5.46. The summed E-state index contributed by atoms with van der Waals surface area (Å²) in [5.41, 5.74) is 13.6. The lowest BCUT2D eigenvalue weighted by Crippen LogP contribution is -2.32. The van der Waals surface area contributed by atoms with Gasteiger partial charge in [-0.05, 0) is 22.6 Å². The van der Waals surface area contributed by atoms with E-state index in [1.165, 1.54) is 0 Å². The van der Waals surface area contributed by atoms with E-state index in [4.69, 9.17) is 14.2 Å². The van der Waals surface area contributed by atoms with E-state index in [1.807, 2.05) is 36.4 Å². The van der Waals surface area contributed by atoms with Crippen molar-refractivity contribution in [1.82, 2.24) is 37.0 Å². The highest BCUT2D eigenvalue weighted by Gasteiger charge is 2.21. The highest BCUT2D eigenvalue weighted by molar-refractivity contribution is 5.91. The standard InChI is InChI=1S/C18H19N7O3/c1-26-13-8-12(9-14(27-2)17(13)28-3)16-15(19-23-20-16)10-4-6-11(7-5-10)18-21-24-25-22-18/h4-9,19-20,23H,1-3H3,(H,21,22,24,25). The van der Waals surface area contributed by atoms with E-state index in [0.29, 0.717) is 23.1 Å². The van der Waals surface area contributed by atoms with E-state index >= 15 is 0 Å². The lowest BCUT2D eigenvalue weighted by molar-refractivity contribution is 0.324. The number of ether oxygens (including phenoxy) is 3. The Kier molecular flexibility index (Phi) is 4.68. The number of benzene rings is 2. The second-order valence-electron chi connectivity index (χ2n) is 5.87. The summed E-state index contributed by atoms with van der Waals surface area (Å²) in [4.78, 5) is 0. The first-order valence-electron chi connectivity index (χ1n) is 8.41. The smallest absolute Gasteiger partial charge is 0.203 e. The molecule has 0 atom stereocenters. The van der Waals surface area contributed by atoms with Gasteiger partial charge in [-0.15, -0.1) is 10.6 Å². The van der Waals surface area contributed by atoms with Crippen LogP contribution in [0.1, 0.15) is 11.1 Å². The number of tetrazole rings is 1. The molecule has 1 aliphatic heterocycles. The fourth-order valence-electron chi connectivity index (χ4n) is 3.02. The fraction of sp³-hybridized carbons (Fsp3) is 0.167. The molecule has 0 bridgehead atoms. The normalized spacial score (nSPS) is 13.1. The Morgan fingerprint density at radius 3 is 1.89 bits per heavy atom. The van der Waals surface area contributed by atoms with Gasteiger partial charge in [0.15, 0.2) is 17.3 Å². The Morgan fingerprint density at radius 2 is 1.36 bits per heavy atom. The third-order valence-corrected chi connectivity index (χ3v) is 4.37. The summed E-state index contributed by atoms with van der Waals surface area (Å²) in [7, 11) is 4.76. The molecule has 10 heteroatoms. The Balaban J connectivity index is 1.75. The van der Waals surface area contributed by atoms with E-state index in [2.05, 4.69) is 37.0 Å². The summed E-state index contributed by atoms with van der Waals surface area (Å²) in [5, 5.41) is 13.9. The van der Waals surface area contributed by atoms with Crippen molar-refractivity contribution in [2.75, 3.05) is 21.3 Å². The van der Waals surface area contributed by atoms with Crippen LogP contribution in [-0.2, 0) is 0 Å². The highest BCUT2D eigenvalue weighted by Crippen LogP contribution is 2.40. The molecule has 0 saturated carbocycles. The minimum atomic E-state index is 0.542. The van der Waals surface area contributed by atoms with Crippen molar-refractivity contribution in [1.29, 1.82) is 0 Å². The predicted octanol–water partition coefficient (Wildman–Crippen LogP) is 1.33. The summed E-state index contributed by atoms with van der Waals surface area (Å²) >= 11 is 0. The molecule has 0 saturated heterocycles. The van der Waals surface area contributed by atoms with E-state index in [1.54, 1.807) is 21.3 Å². The Labute approximate surface area is 160 Å². The molecule has 0 unspecified atom stereocenters. The van der Waals surface area contributed by atoms with Crippen LogP contribution in [0.5, 0.6) is 17.2 Å². The first-order valence-corrected chi connectivity index (χ1v) is 8.41. The van der Waals surface area contributed by atoms with Gasteiger partial charge in [0.25, 0.3) is 0 Å². The van der Waals surface area contributed by atoms with E-state index < -0.39 is 0 Å². The predicted molar refractivity (Wildman–Crippen MR) is 102 cm³/mol. The van der Waals surface area contributed by atoms with Crippen LogP contribution in [0.15, 0.2) is 36.4 Å². The number of aromatic nitrogens is 4. The van der Waals surface area contributed by atoms with Crippen LogP contribution in [0.3, 0.4) is 0 Å². The Hall–Kier alpha value is -3.79. The maximum atomic E-state index is 5.46. The summed E-state index contributed by atoms with van der Waals surface area (Å²) in [6.45, 7) is 0. The van der Waals surface area contributed by atoms with Gasteiger partial charge >= 0.3 is 0 Å². The van der Waals surface area contributed by atoms with Gasteiger partial charge in [0, 0.05) is 16.7 Å². The van der Waals surface area contributed by atoms with Crippen LogP contribution in [0, 0.1) is 0 Å². The first kappa shape index (κ1) is 17.6. The van der Waals surface area contributed by atoms with Crippen LogP contribution < -0.4 is 30.6 Å². The molecule has 1 aliphatic rings. The molecule has 0 aliphatic carbocycles. The van der Waals surface area contributed by atoms with Gasteiger partial charge in [-0.3, -0.25) is 0 Å². The van der Waals surface area contributed by atoms with Gasteiger partial charge in [0.05, 0.1) is 32.7 Å². The molecule has 0 fully saturated rings. The summed E-state index contributed by atoms with van der Waals surface area (Å²) in [6, 6.07) is 11.6. The molecule has 0 spiro atoms. The van der Waals surface area contributed by atoms with E-state index in [0.717, 1.165) is 28.1 Å². The average Bonchev–Trinajstić information content (AvgIpc) is 3.45. The molecule has 3 aromatic rings. The number of hydrogen-bond acceptors (Lipinski definition) is 9. The van der Waals surface area contributed by atoms with Gasteiger partial charge in [0.2, 0.25) is 5.75 Å². The van der Waals surface area contributed by atoms with Gasteiger partial charge in [-0.1, -0.05) is 24.3 Å². The van der Waals surface area contributed by atoms with Gasteiger partial charge in [-0.25, -0.2) is 5.10 Å². The number of nitrogens with one attached hydrogen (secondary N) is 4. The quantitative estimate of drug-likeness (QED) is 0.501. The van der Waals surface area contributed by atoms with E-state index in [-0.39, 0.29) is 0 Å². The minimum Gasteiger partial charge on any atom is -0.493 e. The van der Waals surface area contributed by atoms with Crippen LogP contribution in [0.2, 0.25) is 0 Å². The molecular weight excluding hydrogens is 362 g/mol. The van der Waals surface area contributed by atoms with Crippen LogP contribution in [0.4, 0.5) is 0 Å². The van der Waals surface area contributed by atoms with Crippen molar-refractivity contribution in [3.63, 3.8) is 0 Å². The van der Waals surface area contributed by atoms with Crippen LogP contribution >= 0.6 is 0 Å². The highest BCUT2D eigenvalue weighted by atomic mass is 16.5. The number of nitrogens with zero attached hydrogens (tertiary/aromatic N) is 3. The number of hydrazine groups is 2. The SMILES string of the molecule is COc1cc(C2=C(c3ccc(-c4nnn[nH]4)cc3)NNN2)cc(OC)c1OC. The molecule has 2 aromatic carbocycles. The molecule has 0 amide bonds. The average molecular weight is 381 g/mol. The third-order valence-electron chi connectivity index (χ3n) is 4.37. The summed E-state index contributed by atoms with van der Waals surface area (Å²) < 4.78 is 16.3. The number of hydrogen-bond donors (Lipinski definition) is 4. The van der Waals surface area contributed by atoms with Crippen molar-refractivity contribution >= 4 is 11.4 Å². The topological polar surface area (TPSA) is 118 Å². The molecule has 28 heavy (non-hydrogen) atoms. The zero-order chi connectivity index (χ0) is 19.5. The molecule has 1 aromatic heterocycles. The Bertz CT molecular complexity index is 976. The number of H-pyrrole nitrogens is 1. The largest absolute Gasteiger partial charge is 0.493 e. The number of rotatable bonds is 6. The van der Waals surface area contributed by atoms with Crippen molar-refractivity contribution < 1.29 is 14.2 Å². The summed E-state index contributed by atoms with van der Waals surface area (Å²) in [5.74, 6) is 2.30. The molecule has 2 heterocycles. The van der Waals surface area contributed by atoms with Crippen LogP contribution in [-0.4, -0.2) is 42.0 Å². The lowest BCUT2D eigenvalue weighted by atomic mass is 10.0. The fourth-order valence-corrected chi connectivity index (χ4v) is 3.02. The zero-order valence-electron chi connectivity index (χ0n) is 15.5. The molecule has 0 radical (unpaired) electrons. The van der Waals surface area contributed by atoms with Gasteiger partial charge in [-0.2, -0.15) is 0 Å². The first-order chi connectivity index (χ1) is 13.7. The molecule has 4 N–H and O–H groups in total. The van der Waals surface area contributed by atoms with Crippen molar-refractivity contribution in [3.05, 3.63) is 47.5 Å². The van der Waals surface area contributed by atoms with Crippen molar-refractivity contribution in [3.8, 4) is 28.6 Å². The number of aromatic amines is 1. The van der Waals surface area contributed by atoms with E-state index in [9.17, 15) is 0 Å². The van der Waals surface area contributed by atoms with Gasteiger partial charge in [0.1, 0.15) is 0 Å². The zero-order valence-corrected chi connectivity index (χ0v) is 15.5. The lowest BCUT2D eigenvalue weighted by Gasteiger charge is -2.15. The van der Waals surface area contributed by atoms with Gasteiger partial charge < -0.3 is 25.1 Å². The minimum absolute atomic E-state index is 0.542. The molecule has 4 rings (SSSR count).